The van der Waals surface area contributed by atoms with Crippen LogP contribution in [0.15, 0.2) is 36.5 Å². The lowest BCUT2D eigenvalue weighted by atomic mass is 10.1. The average Bonchev–Trinajstić information content (AvgIpc) is 2.49. The number of amides is 1. The molecule has 0 aliphatic rings. The second-order valence-electron chi connectivity index (χ2n) is 5.62. The molecule has 2 N–H and O–H groups in total. The van der Waals surface area contributed by atoms with Gasteiger partial charge in [-0.25, -0.2) is 13.8 Å². The Labute approximate surface area is 138 Å². The zero-order valence-corrected chi connectivity index (χ0v) is 13.5. The number of aliphatic hydroxyl groups is 1. The molecular formula is C17H19F2N3O2. The van der Waals surface area contributed by atoms with Gasteiger partial charge in [0.2, 0.25) is 5.91 Å². The van der Waals surface area contributed by atoms with Gasteiger partial charge in [0.1, 0.15) is 17.5 Å². The molecule has 24 heavy (non-hydrogen) atoms. The minimum Gasteiger partial charge on any atom is -0.387 e. The van der Waals surface area contributed by atoms with Crippen LogP contribution in [0.5, 0.6) is 0 Å². The quantitative estimate of drug-likeness (QED) is 0.850. The normalized spacial score (nSPS) is 12.2. The Morgan fingerprint density at radius 1 is 1.29 bits per heavy atom. The third-order valence-corrected chi connectivity index (χ3v) is 3.41. The number of hydrogen-bond acceptors (Lipinski definition) is 4. The van der Waals surface area contributed by atoms with Crippen molar-refractivity contribution >= 4 is 11.7 Å². The van der Waals surface area contributed by atoms with Gasteiger partial charge in [-0.15, -0.1) is 0 Å². The van der Waals surface area contributed by atoms with Gasteiger partial charge in [-0.3, -0.25) is 9.69 Å². The molecule has 0 aliphatic carbocycles. The lowest BCUT2D eigenvalue weighted by Crippen LogP contribution is -2.33. The van der Waals surface area contributed by atoms with E-state index in [2.05, 4.69) is 10.3 Å². The number of carbonyl (C=O) groups is 1. The fraction of sp³-hybridized carbons (Fsp3) is 0.294. The van der Waals surface area contributed by atoms with Crippen LogP contribution in [-0.2, 0) is 4.79 Å². The van der Waals surface area contributed by atoms with Crippen LogP contribution < -0.4 is 5.32 Å². The van der Waals surface area contributed by atoms with Gasteiger partial charge in [0.05, 0.1) is 18.2 Å². The van der Waals surface area contributed by atoms with Gasteiger partial charge in [0, 0.05) is 12.7 Å². The van der Waals surface area contributed by atoms with E-state index < -0.39 is 23.3 Å². The van der Waals surface area contributed by atoms with Crippen LogP contribution in [0.2, 0.25) is 0 Å². The molecule has 1 heterocycles. The standard InChI is InChI=1S/C17H19F2N3O2/c1-11-6-7-15(20-8-11)21-16(24)10-22(2)9-14(23)17-12(18)4-3-5-13(17)19/h3-8,14,23H,9-10H2,1-2H3,(H,20,21,24). The summed E-state index contributed by atoms with van der Waals surface area (Å²) in [7, 11) is 1.57. The van der Waals surface area contributed by atoms with Crippen molar-refractivity contribution in [2.24, 2.45) is 0 Å². The molecule has 0 radical (unpaired) electrons. The SMILES string of the molecule is Cc1ccc(NC(=O)CN(C)CC(O)c2c(F)cccc2F)nc1. The summed E-state index contributed by atoms with van der Waals surface area (Å²) in [6, 6.07) is 6.88. The van der Waals surface area contributed by atoms with Crippen LogP contribution in [0, 0.1) is 18.6 Å². The number of pyridine rings is 1. The minimum absolute atomic E-state index is 0.0529. The van der Waals surface area contributed by atoms with Crippen molar-refractivity contribution in [3.8, 4) is 0 Å². The number of anilines is 1. The maximum atomic E-state index is 13.6. The molecule has 1 amide bonds. The van der Waals surface area contributed by atoms with Crippen LogP contribution in [0.25, 0.3) is 0 Å². The Morgan fingerprint density at radius 3 is 2.54 bits per heavy atom. The smallest absolute Gasteiger partial charge is 0.239 e. The van der Waals surface area contributed by atoms with E-state index in [-0.39, 0.29) is 19.0 Å². The molecule has 1 aromatic carbocycles. The van der Waals surface area contributed by atoms with Gasteiger partial charge >= 0.3 is 0 Å². The molecule has 2 aromatic rings. The molecule has 0 spiro atoms. The van der Waals surface area contributed by atoms with E-state index in [0.717, 1.165) is 17.7 Å². The number of aliphatic hydroxyl groups excluding tert-OH is 1. The Balaban J connectivity index is 1.91. The molecule has 0 saturated heterocycles. The molecule has 0 saturated carbocycles. The maximum absolute atomic E-state index is 13.6. The van der Waals surface area contributed by atoms with Crippen molar-refractivity contribution in [1.29, 1.82) is 0 Å². The molecule has 1 aromatic heterocycles. The number of nitrogens with zero attached hydrogens (tertiary/aromatic N) is 2. The van der Waals surface area contributed by atoms with E-state index in [4.69, 9.17) is 0 Å². The molecule has 7 heteroatoms. The summed E-state index contributed by atoms with van der Waals surface area (Å²) in [6.45, 7) is 1.74. The molecule has 0 bridgehead atoms. The first-order chi connectivity index (χ1) is 11.4. The van der Waals surface area contributed by atoms with Gasteiger partial charge in [0.25, 0.3) is 0 Å². The summed E-state index contributed by atoms with van der Waals surface area (Å²) >= 11 is 0. The molecular weight excluding hydrogens is 316 g/mol. The fourth-order valence-electron chi connectivity index (χ4n) is 2.25. The van der Waals surface area contributed by atoms with E-state index in [1.165, 1.54) is 11.0 Å². The number of likely N-dealkylation sites (N-methyl/N-ethyl adjacent to an activating group) is 1. The monoisotopic (exact) mass is 335 g/mol. The number of benzene rings is 1. The van der Waals surface area contributed by atoms with Crippen molar-refractivity contribution in [2.75, 3.05) is 25.5 Å². The highest BCUT2D eigenvalue weighted by Crippen LogP contribution is 2.21. The van der Waals surface area contributed by atoms with Gasteiger partial charge in [0.15, 0.2) is 0 Å². The van der Waals surface area contributed by atoms with Crippen LogP contribution in [0.3, 0.4) is 0 Å². The molecule has 0 aliphatic heterocycles. The van der Waals surface area contributed by atoms with Crippen molar-refractivity contribution in [2.45, 2.75) is 13.0 Å². The summed E-state index contributed by atoms with van der Waals surface area (Å²) in [5.41, 5.74) is 0.574. The summed E-state index contributed by atoms with van der Waals surface area (Å²) in [5, 5.41) is 12.6. The number of rotatable bonds is 6. The maximum Gasteiger partial charge on any atom is 0.239 e. The van der Waals surface area contributed by atoms with Gasteiger partial charge in [-0.05, 0) is 37.7 Å². The van der Waals surface area contributed by atoms with Crippen LogP contribution >= 0.6 is 0 Å². The average molecular weight is 335 g/mol. The van der Waals surface area contributed by atoms with Crippen molar-refractivity contribution < 1.29 is 18.7 Å². The fourth-order valence-corrected chi connectivity index (χ4v) is 2.25. The predicted octanol–water partition coefficient (Wildman–Crippen LogP) is 2.27. The van der Waals surface area contributed by atoms with Crippen molar-refractivity contribution in [3.05, 3.63) is 59.3 Å². The van der Waals surface area contributed by atoms with Gasteiger partial charge in [-0.2, -0.15) is 0 Å². The first-order valence-electron chi connectivity index (χ1n) is 7.40. The van der Waals surface area contributed by atoms with Crippen molar-refractivity contribution in [3.63, 3.8) is 0 Å². The lowest BCUT2D eigenvalue weighted by Gasteiger charge is -2.20. The van der Waals surface area contributed by atoms with Crippen LogP contribution in [0.4, 0.5) is 14.6 Å². The predicted molar refractivity (Wildman–Crippen MR) is 86.4 cm³/mol. The lowest BCUT2D eigenvalue weighted by molar-refractivity contribution is -0.117. The Hall–Kier alpha value is -2.38. The van der Waals surface area contributed by atoms with E-state index >= 15 is 0 Å². The summed E-state index contributed by atoms with van der Waals surface area (Å²) in [5.74, 6) is -1.55. The second-order valence-corrected chi connectivity index (χ2v) is 5.62. The first-order valence-corrected chi connectivity index (χ1v) is 7.40. The molecule has 128 valence electrons. The van der Waals surface area contributed by atoms with Crippen molar-refractivity contribution in [1.82, 2.24) is 9.88 Å². The Bertz CT molecular complexity index is 687. The first kappa shape index (κ1) is 18.0. The van der Waals surface area contributed by atoms with E-state index in [1.807, 2.05) is 13.0 Å². The second kappa shape index (κ2) is 7.94. The largest absolute Gasteiger partial charge is 0.387 e. The van der Waals surface area contributed by atoms with Gasteiger partial charge < -0.3 is 10.4 Å². The molecule has 1 atom stereocenters. The summed E-state index contributed by atoms with van der Waals surface area (Å²) in [4.78, 5) is 17.5. The zero-order valence-electron chi connectivity index (χ0n) is 13.5. The van der Waals surface area contributed by atoms with Crippen LogP contribution in [-0.4, -0.2) is 41.0 Å². The molecule has 5 nitrogen and oxygen atoms in total. The number of aromatic nitrogens is 1. The highest BCUT2D eigenvalue weighted by Gasteiger charge is 2.20. The number of carbonyl (C=O) groups excluding carboxylic acids is 1. The zero-order chi connectivity index (χ0) is 17.7. The number of halogens is 2. The molecule has 0 fully saturated rings. The van der Waals surface area contributed by atoms with Gasteiger partial charge in [-0.1, -0.05) is 12.1 Å². The van der Waals surface area contributed by atoms with Crippen LogP contribution in [0.1, 0.15) is 17.2 Å². The van der Waals surface area contributed by atoms with E-state index in [9.17, 15) is 18.7 Å². The Kier molecular flexibility index (Phi) is 5.94. The molecule has 1 unspecified atom stereocenters. The summed E-state index contributed by atoms with van der Waals surface area (Å²) in [6.07, 6.45) is 0.255. The minimum atomic E-state index is -1.37. The number of aryl methyl sites for hydroxylation is 1. The topological polar surface area (TPSA) is 65.5 Å². The third-order valence-electron chi connectivity index (χ3n) is 3.41. The van der Waals surface area contributed by atoms with E-state index in [0.29, 0.717) is 5.82 Å². The number of nitrogens with one attached hydrogen (secondary N) is 1. The van der Waals surface area contributed by atoms with E-state index in [1.54, 1.807) is 19.3 Å². The third kappa shape index (κ3) is 4.81. The Morgan fingerprint density at radius 2 is 1.96 bits per heavy atom. The number of hydrogen-bond donors (Lipinski definition) is 2. The molecule has 2 rings (SSSR count). The summed E-state index contributed by atoms with van der Waals surface area (Å²) < 4.78 is 27.3. The highest BCUT2D eigenvalue weighted by atomic mass is 19.1. The highest BCUT2D eigenvalue weighted by molar-refractivity contribution is 5.91.